The first-order valence-electron chi connectivity index (χ1n) is 8.67. The molecule has 0 amide bonds. The van der Waals surface area contributed by atoms with Crippen LogP contribution in [-0.4, -0.2) is 90.0 Å². The van der Waals surface area contributed by atoms with Crippen LogP contribution in [-0.2, 0) is 0 Å². The smallest absolute Gasteiger partial charge is 0.0229 e. The zero-order valence-electron chi connectivity index (χ0n) is 14.1. The van der Waals surface area contributed by atoms with Crippen LogP contribution in [0.15, 0.2) is 0 Å². The molecule has 3 aliphatic heterocycles. The summed E-state index contributed by atoms with van der Waals surface area (Å²) in [5.41, 5.74) is 0. The van der Waals surface area contributed by atoms with Gasteiger partial charge in [0.25, 0.3) is 0 Å². The topological polar surface area (TPSA) is 0 Å². The summed E-state index contributed by atoms with van der Waals surface area (Å²) < 4.78 is 0. The molecule has 24 heavy (non-hydrogen) atoms. The summed E-state index contributed by atoms with van der Waals surface area (Å²) in [6.45, 7) is 0. The van der Waals surface area contributed by atoms with Gasteiger partial charge in [-0.15, -0.1) is 0 Å². The van der Waals surface area contributed by atoms with Gasteiger partial charge in [-0.05, 0) is 0 Å². The van der Waals surface area contributed by atoms with Crippen molar-refractivity contribution in [1.82, 2.24) is 0 Å². The van der Waals surface area contributed by atoms with Crippen molar-refractivity contribution >= 4 is 94.1 Å². The molecule has 3 saturated heterocycles. The van der Waals surface area contributed by atoms with Crippen LogP contribution in [0.1, 0.15) is 0 Å². The van der Waals surface area contributed by atoms with Crippen LogP contribution in [0.3, 0.4) is 0 Å². The largest absolute Gasteiger partial charge is 0.160 e. The zero-order valence-corrected chi connectivity index (χ0v) is 20.6. The third kappa shape index (κ3) is 11.6. The van der Waals surface area contributed by atoms with Crippen molar-refractivity contribution in [2.24, 2.45) is 0 Å². The summed E-state index contributed by atoms with van der Waals surface area (Å²) in [5.74, 6) is 16.7. The van der Waals surface area contributed by atoms with Gasteiger partial charge in [-0.1, -0.05) is 0 Å². The van der Waals surface area contributed by atoms with Crippen molar-refractivity contribution in [1.29, 1.82) is 0 Å². The normalized spacial score (nSPS) is 28.8. The van der Waals surface area contributed by atoms with Crippen LogP contribution in [0.2, 0.25) is 0 Å². The minimum atomic E-state index is 0.878. The summed E-state index contributed by atoms with van der Waals surface area (Å²) in [4.78, 5) is 0. The Labute approximate surface area is 182 Å². The molecule has 0 N–H and O–H groups in total. The first-order valence-corrected chi connectivity index (χ1v) is 17.5. The van der Waals surface area contributed by atoms with Gasteiger partial charge in [-0.2, -0.15) is 94.1 Å². The van der Waals surface area contributed by atoms with E-state index in [1.165, 1.54) is 69.0 Å². The Morgan fingerprint density at radius 1 is 0.625 bits per heavy atom. The molecule has 0 aliphatic carbocycles. The van der Waals surface area contributed by atoms with Gasteiger partial charge >= 0.3 is 0 Å². The molecule has 4 atom stereocenters. The van der Waals surface area contributed by atoms with Gasteiger partial charge < -0.3 is 0 Å². The molecule has 3 rings (SSSR count). The average molecular weight is 477 g/mol. The van der Waals surface area contributed by atoms with Crippen molar-refractivity contribution < 1.29 is 0 Å². The lowest BCUT2D eigenvalue weighted by atomic mass is 10.5. The standard InChI is InChI=1S/C16H28S8/c1(2-18-6-14-10-22-14)17-5-13(8-20-9-16-12-24-16)21-4-3-19-7-15-11-23-15/h13-16H,1-12H2. The number of hydrogen-bond donors (Lipinski definition) is 0. The van der Waals surface area contributed by atoms with Gasteiger partial charge in [0.15, 0.2) is 0 Å². The van der Waals surface area contributed by atoms with Gasteiger partial charge in [-0.25, -0.2) is 0 Å². The molecular formula is C16H28S8. The molecule has 3 fully saturated rings. The van der Waals surface area contributed by atoms with E-state index in [1.807, 2.05) is 0 Å². The fraction of sp³-hybridized carbons (Fsp3) is 1.00. The maximum atomic E-state index is 2.26. The summed E-state index contributed by atoms with van der Waals surface area (Å²) in [6.07, 6.45) is 0. The SMILES string of the molecule is C(CSCC1CS1)SCC(CSCC1CS1)SCCSCC1CS1. The van der Waals surface area contributed by atoms with Crippen molar-refractivity contribution in [3.8, 4) is 0 Å². The fourth-order valence-corrected chi connectivity index (χ4v) is 11.4. The second-order valence-electron chi connectivity index (χ2n) is 6.12. The summed E-state index contributed by atoms with van der Waals surface area (Å²) >= 11 is 17.5. The van der Waals surface area contributed by atoms with Gasteiger partial charge in [0.1, 0.15) is 0 Å². The first kappa shape index (κ1) is 21.5. The Kier molecular flexibility index (Phi) is 11.7. The van der Waals surface area contributed by atoms with Crippen LogP contribution in [0.25, 0.3) is 0 Å². The molecule has 8 heteroatoms. The maximum Gasteiger partial charge on any atom is 0.0229 e. The minimum absolute atomic E-state index is 0.878. The van der Waals surface area contributed by atoms with E-state index < -0.39 is 0 Å². The Morgan fingerprint density at radius 3 is 1.67 bits per heavy atom. The van der Waals surface area contributed by atoms with Crippen molar-refractivity contribution in [2.75, 3.05) is 69.0 Å². The lowest BCUT2D eigenvalue weighted by molar-refractivity contribution is 1.14. The highest BCUT2D eigenvalue weighted by molar-refractivity contribution is 8.10. The van der Waals surface area contributed by atoms with Crippen LogP contribution < -0.4 is 0 Å². The second kappa shape index (κ2) is 13.1. The van der Waals surface area contributed by atoms with Crippen LogP contribution in [0.4, 0.5) is 0 Å². The summed E-state index contributed by atoms with van der Waals surface area (Å²) in [7, 11) is 0. The highest BCUT2D eigenvalue weighted by Gasteiger charge is 2.23. The predicted octanol–water partition coefficient (Wildman–Crippen LogP) is 5.37. The van der Waals surface area contributed by atoms with E-state index in [4.69, 9.17) is 0 Å². The molecular weight excluding hydrogens is 449 g/mol. The number of hydrogen-bond acceptors (Lipinski definition) is 8. The monoisotopic (exact) mass is 476 g/mol. The summed E-state index contributed by atoms with van der Waals surface area (Å²) in [6, 6.07) is 0. The molecule has 0 saturated carbocycles. The minimum Gasteiger partial charge on any atom is -0.160 e. The van der Waals surface area contributed by atoms with Gasteiger partial charge in [0, 0.05) is 90.0 Å². The molecule has 3 aliphatic rings. The van der Waals surface area contributed by atoms with E-state index in [2.05, 4.69) is 94.1 Å². The molecule has 140 valence electrons. The van der Waals surface area contributed by atoms with E-state index in [1.54, 1.807) is 0 Å². The fourth-order valence-electron chi connectivity index (χ4n) is 2.00. The van der Waals surface area contributed by atoms with Crippen LogP contribution >= 0.6 is 94.1 Å². The number of thioether (sulfide) groups is 8. The quantitative estimate of drug-likeness (QED) is 0.200. The predicted molar refractivity (Wildman–Crippen MR) is 134 cm³/mol. The third-order valence-corrected chi connectivity index (χ3v) is 14.1. The van der Waals surface area contributed by atoms with Gasteiger partial charge in [0.05, 0.1) is 0 Å². The van der Waals surface area contributed by atoms with E-state index in [-0.39, 0.29) is 0 Å². The van der Waals surface area contributed by atoms with E-state index in [0.717, 1.165) is 21.0 Å². The molecule has 0 bridgehead atoms. The molecule has 0 nitrogen and oxygen atoms in total. The molecule has 0 aromatic heterocycles. The Balaban J connectivity index is 1.18. The third-order valence-electron chi connectivity index (χ3n) is 3.68. The summed E-state index contributed by atoms with van der Waals surface area (Å²) in [5, 5.41) is 3.89. The van der Waals surface area contributed by atoms with Crippen molar-refractivity contribution in [2.45, 2.75) is 21.0 Å². The molecule has 0 spiro atoms. The van der Waals surface area contributed by atoms with Gasteiger partial charge in [-0.3, -0.25) is 0 Å². The van der Waals surface area contributed by atoms with Crippen LogP contribution in [0, 0.1) is 0 Å². The number of rotatable bonds is 17. The molecule has 4 unspecified atom stereocenters. The molecule has 3 heterocycles. The Hall–Kier alpha value is 2.80. The van der Waals surface area contributed by atoms with E-state index in [0.29, 0.717) is 0 Å². The van der Waals surface area contributed by atoms with Crippen molar-refractivity contribution in [3.63, 3.8) is 0 Å². The van der Waals surface area contributed by atoms with Gasteiger partial charge in [0.2, 0.25) is 0 Å². The highest BCUT2D eigenvalue weighted by atomic mass is 32.2. The lowest BCUT2D eigenvalue weighted by Crippen LogP contribution is -2.13. The molecule has 0 aromatic rings. The average Bonchev–Trinajstić information content (AvgIpc) is 3.44. The maximum absolute atomic E-state index is 2.26. The molecule has 0 aromatic carbocycles. The van der Waals surface area contributed by atoms with Crippen LogP contribution in [0.5, 0.6) is 0 Å². The highest BCUT2D eigenvalue weighted by Crippen LogP contribution is 2.35. The van der Waals surface area contributed by atoms with E-state index in [9.17, 15) is 0 Å². The molecule has 0 radical (unpaired) electrons. The Bertz CT molecular complexity index is 330. The lowest BCUT2D eigenvalue weighted by Gasteiger charge is -2.16. The zero-order chi connectivity index (χ0) is 16.5. The Morgan fingerprint density at radius 2 is 1.08 bits per heavy atom. The van der Waals surface area contributed by atoms with Crippen molar-refractivity contribution in [3.05, 3.63) is 0 Å². The van der Waals surface area contributed by atoms with E-state index >= 15 is 0 Å². The first-order chi connectivity index (χ1) is 11.9. The second-order valence-corrected chi connectivity index (χ2v) is 16.1.